The van der Waals surface area contributed by atoms with Crippen molar-refractivity contribution in [3.05, 3.63) is 29.0 Å². The van der Waals surface area contributed by atoms with Crippen molar-refractivity contribution < 1.29 is 19.1 Å². The molecule has 1 atom stereocenters. The number of carboxylic acid groups (broad SMARTS) is 1. The molecule has 0 aliphatic carbocycles. The number of anilines is 1. The van der Waals surface area contributed by atoms with Gasteiger partial charge < -0.3 is 10.4 Å². The predicted molar refractivity (Wildman–Crippen MR) is 70.6 cm³/mol. The van der Waals surface area contributed by atoms with Crippen molar-refractivity contribution >= 4 is 29.2 Å². The van der Waals surface area contributed by atoms with Gasteiger partial charge in [0, 0.05) is 0 Å². The van der Waals surface area contributed by atoms with Crippen molar-refractivity contribution in [1.29, 1.82) is 0 Å². The van der Waals surface area contributed by atoms with E-state index in [1.54, 1.807) is 20.8 Å². The molecule has 0 aliphatic heterocycles. The molecule has 1 amide bonds. The molecule has 0 radical (unpaired) electrons. The Balaban J connectivity index is 3.01. The van der Waals surface area contributed by atoms with E-state index in [1.165, 1.54) is 18.2 Å². The molecule has 0 saturated carbocycles. The van der Waals surface area contributed by atoms with Gasteiger partial charge in [-0.05, 0) is 17.5 Å². The van der Waals surface area contributed by atoms with Gasteiger partial charge in [0.1, 0.15) is 5.92 Å². The normalized spacial score (nSPS) is 12.9. The van der Waals surface area contributed by atoms with E-state index in [9.17, 15) is 14.0 Å². The second-order valence-corrected chi connectivity index (χ2v) is 5.64. The van der Waals surface area contributed by atoms with E-state index in [4.69, 9.17) is 16.7 Å². The topological polar surface area (TPSA) is 66.4 Å². The third-order valence-corrected chi connectivity index (χ3v) is 2.88. The maximum absolute atomic E-state index is 13.6. The molecule has 2 N–H and O–H groups in total. The van der Waals surface area contributed by atoms with Gasteiger partial charge in [-0.2, -0.15) is 0 Å². The fraction of sp³-hybridized carbons (Fsp3) is 0.385. The number of hydrogen-bond donors (Lipinski definition) is 2. The standard InChI is InChI=1S/C13H15ClFNO3/c1-13(2,3)9(12(18)19)11(17)16-8-6-4-5-7(14)10(8)15/h4-6,9H,1-3H3,(H,16,17)(H,18,19). The molecule has 0 heterocycles. The van der Waals surface area contributed by atoms with Crippen LogP contribution in [0.3, 0.4) is 0 Å². The first kappa shape index (κ1) is 15.4. The summed E-state index contributed by atoms with van der Waals surface area (Å²) >= 11 is 5.59. The van der Waals surface area contributed by atoms with Gasteiger partial charge in [-0.25, -0.2) is 4.39 Å². The van der Waals surface area contributed by atoms with Crippen LogP contribution in [0.2, 0.25) is 5.02 Å². The minimum Gasteiger partial charge on any atom is -0.481 e. The summed E-state index contributed by atoms with van der Waals surface area (Å²) in [5, 5.41) is 11.2. The summed E-state index contributed by atoms with van der Waals surface area (Å²) in [5.41, 5.74) is -0.918. The van der Waals surface area contributed by atoms with Crippen molar-refractivity contribution in [3.63, 3.8) is 0 Å². The van der Waals surface area contributed by atoms with Crippen LogP contribution in [0.1, 0.15) is 20.8 Å². The number of halogens is 2. The summed E-state index contributed by atoms with van der Waals surface area (Å²) in [6, 6.07) is 4.12. The van der Waals surface area contributed by atoms with E-state index in [1.807, 2.05) is 0 Å². The molecule has 1 aromatic rings. The maximum Gasteiger partial charge on any atom is 0.316 e. The first-order valence-corrected chi connectivity index (χ1v) is 6.00. The lowest BCUT2D eigenvalue weighted by atomic mass is 9.80. The first-order chi connectivity index (χ1) is 8.64. The van der Waals surface area contributed by atoms with Crippen molar-refractivity contribution in [3.8, 4) is 0 Å². The van der Waals surface area contributed by atoms with Gasteiger partial charge in [0.2, 0.25) is 5.91 Å². The number of benzene rings is 1. The van der Waals surface area contributed by atoms with E-state index in [0.717, 1.165) is 0 Å². The first-order valence-electron chi connectivity index (χ1n) is 5.62. The average Bonchev–Trinajstić information content (AvgIpc) is 2.22. The van der Waals surface area contributed by atoms with Crippen LogP contribution in [0.25, 0.3) is 0 Å². The second-order valence-electron chi connectivity index (χ2n) is 5.23. The van der Waals surface area contributed by atoms with Crippen molar-refractivity contribution in [2.45, 2.75) is 20.8 Å². The summed E-state index contributed by atoms with van der Waals surface area (Å²) in [5.74, 6) is -4.10. The average molecular weight is 288 g/mol. The zero-order valence-corrected chi connectivity index (χ0v) is 11.6. The molecule has 0 saturated heterocycles. The molecule has 1 unspecified atom stereocenters. The molecular formula is C13H15ClFNO3. The van der Waals surface area contributed by atoms with Crippen LogP contribution in [-0.4, -0.2) is 17.0 Å². The number of hydrogen-bond acceptors (Lipinski definition) is 2. The summed E-state index contributed by atoms with van der Waals surface area (Å²) in [6.45, 7) is 4.87. The minimum atomic E-state index is -1.29. The molecule has 0 fully saturated rings. The monoisotopic (exact) mass is 287 g/mol. The third kappa shape index (κ3) is 3.67. The number of amides is 1. The lowest BCUT2D eigenvalue weighted by molar-refractivity contribution is -0.149. The van der Waals surface area contributed by atoms with Gasteiger partial charge in [-0.1, -0.05) is 38.4 Å². The fourth-order valence-electron chi connectivity index (χ4n) is 1.68. The summed E-state index contributed by atoms with van der Waals surface area (Å²) in [4.78, 5) is 23.1. The van der Waals surface area contributed by atoms with Crippen molar-refractivity contribution in [2.75, 3.05) is 5.32 Å². The molecule has 0 bridgehead atoms. The number of carboxylic acids is 1. The highest BCUT2D eigenvalue weighted by Crippen LogP contribution is 2.29. The lowest BCUT2D eigenvalue weighted by Crippen LogP contribution is -2.39. The highest BCUT2D eigenvalue weighted by Gasteiger charge is 2.38. The Morgan fingerprint density at radius 1 is 1.37 bits per heavy atom. The van der Waals surface area contributed by atoms with E-state index >= 15 is 0 Å². The Morgan fingerprint density at radius 3 is 2.42 bits per heavy atom. The fourth-order valence-corrected chi connectivity index (χ4v) is 1.86. The Hall–Kier alpha value is -1.62. The molecule has 19 heavy (non-hydrogen) atoms. The number of nitrogens with one attached hydrogen (secondary N) is 1. The summed E-state index contributed by atoms with van der Waals surface area (Å²) in [7, 11) is 0. The van der Waals surface area contributed by atoms with E-state index in [-0.39, 0.29) is 10.7 Å². The van der Waals surface area contributed by atoms with E-state index in [2.05, 4.69) is 5.32 Å². The zero-order chi connectivity index (χ0) is 14.8. The van der Waals surface area contributed by atoms with Crippen LogP contribution in [-0.2, 0) is 9.59 Å². The Bertz CT molecular complexity index is 511. The Labute approximate surface area is 115 Å². The minimum absolute atomic E-state index is 0.131. The SMILES string of the molecule is CC(C)(C)C(C(=O)O)C(=O)Nc1cccc(Cl)c1F. The molecule has 104 valence electrons. The van der Waals surface area contributed by atoms with Gasteiger partial charge in [0.25, 0.3) is 0 Å². The van der Waals surface area contributed by atoms with Gasteiger partial charge in [-0.15, -0.1) is 0 Å². The largest absolute Gasteiger partial charge is 0.481 e. The molecule has 6 heteroatoms. The van der Waals surface area contributed by atoms with Crippen LogP contribution < -0.4 is 5.32 Å². The molecule has 1 rings (SSSR count). The Kier molecular flexibility index (Phi) is 4.52. The predicted octanol–water partition coefficient (Wildman–Crippen LogP) is 3.16. The second kappa shape index (κ2) is 5.57. The molecule has 4 nitrogen and oxygen atoms in total. The lowest BCUT2D eigenvalue weighted by Gasteiger charge is -2.26. The van der Waals surface area contributed by atoms with Crippen LogP contribution in [0, 0.1) is 17.2 Å². The van der Waals surface area contributed by atoms with Crippen LogP contribution >= 0.6 is 11.6 Å². The maximum atomic E-state index is 13.6. The summed E-state index contributed by atoms with van der Waals surface area (Å²) < 4.78 is 13.6. The van der Waals surface area contributed by atoms with Crippen molar-refractivity contribution in [2.24, 2.45) is 11.3 Å². The van der Waals surface area contributed by atoms with Gasteiger partial charge in [-0.3, -0.25) is 9.59 Å². The van der Waals surface area contributed by atoms with Crippen LogP contribution in [0.15, 0.2) is 18.2 Å². The number of aliphatic carboxylic acids is 1. The van der Waals surface area contributed by atoms with E-state index in [0.29, 0.717) is 0 Å². The molecule has 0 spiro atoms. The zero-order valence-electron chi connectivity index (χ0n) is 10.8. The molecular weight excluding hydrogens is 273 g/mol. The van der Waals surface area contributed by atoms with Gasteiger partial charge >= 0.3 is 5.97 Å². The number of rotatable bonds is 3. The van der Waals surface area contributed by atoms with Gasteiger partial charge in [0.05, 0.1) is 10.7 Å². The molecule has 1 aromatic carbocycles. The quantitative estimate of drug-likeness (QED) is 0.839. The molecule has 0 aromatic heterocycles. The van der Waals surface area contributed by atoms with Crippen LogP contribution in [0.4, 0.5) is 10.1 Å². The Morgan fingerprint density at radius 2 is 1.95 bits per heavy atom. The highest BCUT2D eigenvalue weighted by atomic mass is 35.5. The number of carbonyl (C=O) groups excluding carboxylic acids is 1. The van der Waals surface area contributed by atoms with Gasteiger partial charge in [0.15, 0.2) is 5.82 Å². The summed E-state index contributed by atoms with van der Waals surface area (Å²) in [6.07, 6.45) is 0. The van der Waals surface area contributed by atoms with E-state index < -0.39 is 29.0 Å². The van der Waals surface area contributed by atoms with Crippen molar-refractivity contribution in [1.82, 2.24) is 0 Å². The highest BCUT2D eigenvalue weighted by molar-refractivity contribution is 6.31. The smallest absolute Gasteiger partial charge is 0.316 e. The third-order valence-electron chi connectivity index (χ3n) is 2.58. The van der Waals surface area contributed by atoms with Crippen LogP contribution in [0.5, 0.6) is 0 Å². The molecule has 0 aliphatic rings. The number of carbonyl (C=O) groups is 2.